The average Bonchev–Trinajstić information content (AvgIpc) is 2.31. The Morgan fingerprint density at radius 3 is 2.21 bits per heavy atom. The van der Waals surface area contributed by atoms with Gasteiger partial charge in [0.15, 0.2) is 0 Å². The normalized spacial score (nSPS) is 11.7. The van der Waals surface area contributed by atoms with Crippen LogP contribution in [0.2, 0.25) is 10.0 Å². The molecule has 0 fully saturated rings. The fraction of sp³-hybridized carbons (Fsp3) is 0.0769. The number of rotatable bonds is 1. The number of alkyl halides is 3. The first kappa shape index (κ1) is 14.2. The summed E-state index contributed by atoms with van der Waals surface area (Å²) in [4.78, 5) is 0. The molecular formula is C13H6Cl2F4. The van der Waals surface area contributed by atoms with E-state index in [4.69, 9.17) is 23.2 Å². The van der Waals surface area contributed by atoms with Crippen LogP contribution in [0.5, 0.6) is 0 Å². The van der Waals surface area contributed by atoms with Crippen LogP contribution in [0.3, 0.4) is 0 Å². The van der Waals surface area contributed by atoms with Crippen molar-refractivity contribution in [3.05, 3.63) is 57.8 Å². The van der Waals surface area contributed by atoms with E-state index in [-0.39, 0.29) is 21.2 Å². The quantitative estimate of drug-likeness (QED) is 0.582. The molecular weight excluding hydrogens is 303 g/mol. The van der Waals surface area contributed by atoms with E-state index in [9.17, 15) is 17.6 Å². The third-order valence-corrected chi connectivity index (χ3v) is 3.35. The van der Waals surface area contributed by atoms with Crippen LogP contribution in [0.15, 0.2) is 36.4 Å². The Labute approximate surface area is 116 Å². The van der Waals surface area contributed by atoms with Gasteiger partial charge in [-0.2, -0.15) is 13.2 Å². The van der Waals surface area contributed by atoms with Crippen LogP contribution in [0.1, 0.15) is 5.56 Å². The second-order valence-corrected chi connectivity index (χ2v) is 4.57. The van der Waals surface area contributed by atoms with Gasteiger partial charge in [-0.1, -0.05) is 35.3 Å². The van der Waals surface area contributed by atoms with Crippen molar-refractivity contribution in [1.29, 1.82) is 0 Å². The molecule has 0 saturated heterocycles. The molecule has 0 spiro atoms. The zero-order chi connectivity index (χ0) is 14.2. The van der Waals surface area contributed by atoms with Gasteiger partial charge in [-0.15, -0.1) is 0 Å². The Morgan fingerprint density at radius 2 is 1.58 bits per heavy atom. The number of benzene rings is 2. The molecule has 0 aromatic heterocycles. The van der Waals surface area contributed by atoms with Crippen molar-refractivity contribution in [1.82, 2.24) is 0 Å². The van der Waals surface area contributed by atoms with Crippen LogP contribution in [0, 0.1) is 5.82 Å². The predicted octanol–water partition coefficient (Wildman–Crippen LogP) is 5.82. The highest BCUT2D eigenvalue weighted by atomic mass is 35.5. The predicted molar refractivity (Wildman–Crippen MR) is 66.9 cm³/mol. The minimum Gasteiger partial charge on any atom is -0.207 e. The van der Waals surface area contributed by atoms with Crippen LogP contribution in [-0.2, 0) is 6.18 Å². The summed E-state index contributed by atoms with van der Waals surface area (Å²) in [6.45, 7) is 0. The van der Waals surface area contributed by atoms with E-state index in [0.717, 1.165) is 12.1 Å². The Bertz CT molecular complexity index is 621. The molecule has 0 nitrogen and oxygen atoms in total. The molecule has 0 bridgehead atoms. The lowest BCUT2D eigenvalue weighted by Gasteiger charge is -2.14. The maximum absolute atomic E-state index is 13.2. The third kappa shape index (κ3) is 2.85. The molecule has 0 unspecified atom stereocenters. The highest BCUT2D eigenvalue weighted by Gasteiger charge is 2.34. The Balaban J connectivity index is 2.74. The largest absolute Gasteiger partial charge is 0.417 e. The van der Waals surface area contributed by atoms with Gasteiger partial charge in [-0.3, -0.25) is 0 Å². The van der Waals surface area contributed by atoms with E-state index >= 15 is 0 Å². The smallest absolute Gasteiger partial charge is 0.207 e. The minimum atomic E-state index is -4.60. The molecule has 0 N–H and O–H groups in total. The maximum Gasteiger partial charge on any atom is 0.417 e. The van der Waals surface area contributed by atoms with Crippen LogP contribution < -0.4 is 0 Å². The summed E-state index contributed by atoms with van der Waals surface area (Å²) >= 11 is 11.6. The molecule has 100 valence electrons. The molecule has 0 aliphatic heterocycles. The summed E-state index contributed by atoms with van der Waals surface area (Å²) < 4.78 is 51.9. The first-order chi connectivity index (χ1) is 8.80. The van der Waals surface area contributed by atoms with Gasteiger partial charge in [0.25, 0.3) is 0 Å². The Hall–Kier alpha value is -1.26. The van der Waals surface area contributed by atoms with E-state index in [1.54, 1.807) is 0 Å². The highest BCUT2D eigenvalue weighted by molar-refractivity contribution is 6.43. The summed E-state index contributed by atoms with van der Waals surface area (Å²) in [7, 11) is 0. The highest BCUT2D eigenvalue weighted by Crippen LogP contribution is 2.41. The van der Waals surface area contributed by atoms with Crippen molar-refractivity contribution in [2.24, 2.45) is 0 Å². The van der Waals surface area contributed by atoms with Gasteiger partial charge in [0.05, 0.1) is 15.6 Å². The number of hydrogen-bond donors (Lipinski definition) is 0. The first-order valence-electron chi connectivity index (χ1n) is 5.12. The Morgan fingerprint density at radius 1 is 0.895 bits per heavy atom. The molecule has 2 aromatic rings. The number of halogens is 6. The van der Waals surface area contributed by atoms with Gasteiger partial charge in [0, 0.05) is 5.56 Å². The van der Waals surface area contributed by atoms with Crippen molar-refractivity contribution in [2.75, 3.05) is 0 Å². The Kier molecular flexibility index (Phi) is 3.74. The summed E-state index contributed by atoms with van der Waals surface area (Å²) in [5.41, 5.74) is -1.25. The van der Waals surface area contributed by atoms with Crippen LogP contribution >= 0.6 is 23.2 Å². The van der Waals surface area contributed by atoms with Gasteiger partial charge < -0.3 is 0 Å². The second-order valence-electron chi connectivity index (χ2n) is 3.79. The lowest BCUT2D eigenvalue weighted by Crippen LogP contribution is -2.07. The molecule has 0 saturated carbocycles. The fourth-order valence-corrected chi connectivity index (χ4v) is 2.10. The average molecular weight is 309 g/mol. The maximum atomic E-state index is 13.2. The van der Waals surface area contributed by atoms with Gasteiger partial charge in [0.2, 0.25) is 0 Å². The molecule has 2 aromatic carbocycles. The van der Waals surface area contributed by atoms with Gasteiger partial charge in [-0.25, -0.2) is 4.39 Å². The van der Waals surface area contributed by atoms with Crippen LogP contribution in [-0.4, -0.2) is 0 Å². The zero-order valence-electron chi connectivity index (χ0n) is 9.23. The monoisotopic (exact) mass is 308 g/mol. The van der Waals surface area contributed by atoms with E-state index < -0.39 is 17.6 Å². The standard InChI is InChI=1S/C13H6Cl2F4/c14-11-3-1-2-8(12(11)15)9-6-7(16)4-5-10(9)13(17,18)19/h1-6H. The van der Waals surface area contributed by atoms with Crippen molar-refractivity contribution < 1.29 is 17.6 Å². The molecule has 0 atom stereocenters. The van der Waals surface area contributed by atoms with E-state index in [2.05, 4.69) is 0 Å². The van der Waals surface area contributed by atoms with Crippen molar-refractivity contribution in [3.8, 4) is 11.1 Å². The molecule has 0 radical (unpaired) electrons. The number of hydrogen-bond acceptors (Lipinski definition) is 0. The summed E-state index contributed by atoms with van der Waals surface area (Å²) in [6, 6.07) is 6.49. The second kappa shape index (κ2) is 5.02. The van der Waals surface area contributed by atoms with E-state index in [1.165, 1.54) is 18.2 Å². The van der Waals surface area contributed by atoms with Crippen molar-refractivity contribution in [3.63, 3.8) is 0 Å². The zero-order valence-corrected chi connectivity index (χ0v) is 10.7. The molecule has 0 aliphatic rings. The van der Waals surface area contributed by atoms with E-state index in [0.29, 0.717) is 6.07 Å². The topological polar surface area (TPSA) is 0 Å². The fourth-order valence-electron chi connectivity index (χ4n) is 1.70. The van der Waals surface area contributed by atoms with Crippen molar-refractivity contribution in [2.45, 2.75) is 6.18 Å². The summed E-state index contributed by atoms with van der Waals surface area (Å²) in [5, 5.41) is 0.0665. The molecule has 0 heterocycles. The van der Waals surface area contributed by atoms with Crippen LogP contribution in [0.4, 0.5) is 17.6 Å². The lowest BCUT2D eigenvalue weighted by atomic mass is 9.99. The molecule has 19 heavy (non-hydrogen) atoms. The SMILES string of the molecule is Fc1ccc(C(F)(F)F)c(-c2cccc(Cl)c2Cl)c1. The molecule has 6 heteroatoms. The summed E-state index contributed by atoms with van der Waals surface area (Å²) in [5.74, 6) is -0.779. The van der Waals surface area contributed by atoms with Gasteiger partial charge in [0.1, 0.15) is 5.82 Å². The minimum absolute atomic E-state index is 0.0414. The lowest BCUT2D eigenvalue weighted by molar-refractivity contribution is -0.137. The molecule has 0 amide bonds. The van der Waals surface area contributed by atoms with Gasteiger partial charge in [-0.05, 0) is 29.8 Å². The van der Waals surface area contributed by atoms with Crippen molar-refractivity contribution >= 4 is 23.2 Å². The molecule has 0 aliphatic carbocycles. The summed E-state index contributed by atoms with van der Waals surface area (Å²) in [6.07, 6.45) is -4.60. The molecule has 2 rings (SSSR count). The van der Waals surface area contributed by atoms with E-state index in [1.807, 2.05) is 0 Å². The van der Waals surface area contributed by atoms with Gasteiger partial charge >= 0.3 is 6.18 Å². The first-order valence-corrected chi connectivity index (χ1v) is 5.87. The third-order valence-electron chi connectivity index (χ3n) is 2.53. The van der Waals surface area contributed by atoms with Crippen LogP contribution in [0.25, 0.3) is 11.1 Å².